The zero-order valence-electron chi connectivity index (χ0n) is 19.0. The van der Waals surface area contributed by atoms with Crippen molar-refractivity contribution in [2.24, 2.45) is 0 Å². The molecule has 0 saturated carbocycles. The molecule has 0 amide bonds. The number of aromatic amines is 1. The summed E-state index contributed by atoms with van der Waals surface area (Å²) in [4.78, 5) is 30.2. The first-order chi connectivity index (χ1) is 16.4. The van der Waals surface area contributed by atoms with Crippen LogP contribution in [0.5, 0.6) is 5.75 Å². The Morgan fingerprint density at radius 1 is 1.29 bits per heavy atom. The maximum atomic E-state index is 11.7. The van der Waals surface area contributed by atoms with Gasteiger partial charge in [0.25, 0.3) is 5.69 Å². The number of aliphatic hydroxyl groups excluding tert-OH is 1. The first kappa shape index (κ1) is 25.3. The molecule has 0 aliphatic rings. The summed E-state index contributed by atoms with van der Waals surface area (Å²) in [5.74, 6) is 0.510. The smallest absolute Gasteiger partial charge is 0.308 e. The number of aryl methyl sites for hydroxylation is 1. The maximum absolute atomic E-state index is 11.7. The van der Waals surface area contributed by atoms with Gasteiger partial charge in [0.15, 0.2) is 5.16 Å². The molecule has 1 aromatic heterocycles. The van der Waals surface area contributed by atoms with Gasteiger partial charge in [0.05, 0.1) is 41.9 Å². The van der Waals surface area contributed by atoms with Gasteiger partial charge in [-0.15, -0.1) is 0 Å². The molecular weight excluding hydrogens is 458 g/mol. The molecule has 1 atom stereocenters. The Kier molecular flexibility index (Phi) is 9.06. The molecule has 1 heterocycles. The summed E-state index contributed by atoms with van der Waals surface area (Å²) in [7, 11) is 0. The Labute approximate surface area is 201 Å². The number of carbonyl (C=O) groups is 1. The third-order valence-electron chi connectivity index (χ3n) is 4.99. The zero-order chi connectivity index (χ0) is 24.5. The molecule has 0 bridgehead atoms. The van der Waals surface area contributed by atoms with E-state index in [1.54, 1.807) is 18.7 Å². The standard InChI is InChI=1S/C24H27N3O6S/c1-3-32-23(29)14-22(28)19-13-17(9-10-21(19)27(30)31)33-11-6-12-34-24-25-15-20(26-24)18-8-5-4-7-16(18)2/h4-5,7-10,13,15,22,28H,3,6,11-12,14H2,1-2H3,(H,25,26). The number of nitrogens with zero attached hydrogens (tertiary/aromatic N) is 2. The number of esters is 1. The highest BCUT2D eigenvalue weighted by molar-refractivity contribution is 7.99. The minimum atomic E-state index is -1.36. The van der Waals surface area contributed by atoms with Crippen LogP contribution >= 0.6 is 11.8 Å². The molecule has 0 fully saturated rings. The van der Waals surface area contributed by atoms with Crippen LogP contribution in [0.15, 0.2) is 53.8 Å². The van der Waals surface area contributed by atoms with Crippen LogP contribution in [0, 0.1) is 17.0 Å². The van der Waals surface area contributed by atoms with Crippen molar-refractivity contribution < 1.29 is 24.3 Å². The predicted molar refractivity (Wildman–Crippen MR) is 129 cm³/mol. The fraction of sp³-hybridized carbons (Fsp3) is 0.333. The van der Waals surface area contributed by atoms with Crippen molar-refractivity contribution >= 4 is 23.4 Å². The summed E-state index contributed by atoms with van der Waals surface area (Å²) >= 11 is 1.58. The summed E-state index contributed by atoms with van der Waals surface area (Å²) in [5, 5.41) is 22.5. The van der Waals surface area contributed by atoms with Gasteiger partial charge in [-0.2, -0.15) is 0 Å². The van der Waals surface area contributed by atoms with Crippen LogP contribution in [-0.4, -0.2) is 44.9 Å². The summed E-state index contributed by atoms with van der Waals surface area (Å²) < 4.78 is 10.5. The van der Waals surface area contributed by atoms with E-state index in [0.29, 0.717) is 18.8 Å². The molecule has 10 heteroatoms. The van der Waals surface area contributed by atoms with Gasteiger partial charge in [0.2, 0.25) is 0 Å². The first-order valence-corrected chi connectivity index (χ1v) is 11.9. The molecule has 3 aromatic rings. The lowest BCUT2D eigenvalue weighted by atomic mass is 10.0. The maximum Gasteiger partial charge on any atom is 0.308 e. The van der Waals surface area contributed by atoms with E-state index in [1.165, 1.54) is 18.2 Å². The van der Waals surface area contributed by atoms with E-state index in [9.17, 15) is 20.0 Å². The average Bonchev–Trinajstić information content (AvgIpc) is 3.27. The van der Waals surface area contributed by atoms with E-state index in [1.807, 2.05) is 37.4 Å². The third-order valence-corrected chi connectivity index (χ3v) is 5.97. The number of aromatic nitrogens is 2. The number of hydrogen-bond acceptors (Lipinski definition) is 8. The number of nitrogens with one attached hydrogen (secondary N) is 1. The third kappa shape index (κ3) is 6.82. The van der Waals surface area contributed by atoms with Crippen LogP contribution < -0.4 is 4.74 Å². The number of nitro benzene ring substituents is 1. The quantitative estimate of drug-likeness (QED) is 0.123. The van der Waals surface area contributed by atoms with Gasteiger partial charge in [-0.3, -0.25) is 14.9 Å². The number of carbonyl (C=O) groups excluding carboxylic acids is 1. The fourth-order valence-corrected chi connectivity index (χ4v) is 4.10. The second kappa shape index (κ2) is 12.2. The number of imidazole rings is 1. The minimum absolute atomic E-state index is 0.0178. The molecule has 0 radical (unpaired) electrons. The molecule has 0 spiro atoms. The molecule has 2 N–H and O–H groups in total. The normalized spacial score (nSPS) is 11.7. The monoisotopic (exact) mass is 485 g/mol. The largest absolute Gasteiger partial charge is 0.494 e. The Hall–Kier alpha value is -3.37. The van der Waals surface area contributed by atoms with Crippen molar-refractivity contribution in [2.75, 3.05) is 19.0 Å². The fourth-order valence-electron chi connectivity index (χ4n) is 3.34. The van der Waals surface area contributed by atoms with E-state index in [4.69, 9.17) is 9.47 Å². The Balaban J connectivity index is 1.52. The number of ether oxygens (including phenoxy) is 2. The minimum Gasteiger partial charge on any atom is -0.494 e. The van der Waals surface area contributed by atoms with Crippen molar-refractivity contribution in [1.29, 1.82) is 0 Å². The SMILES string of the molecule is CCOC(=O)CC(O)c1cc(OCCCSc2nc(-c3ccccc3C)c[nH]2)ccc1[N+](=O)[O-]. The number of thioether (sulfide) groups is 1. The molecule has 34 heavy (non-hydrogen) atoms. The highest BCUT2D eigenvalue weighted by Gasteiger charge is 2.24. The Morgan fingerprint density at radius 3 is 2.82 bits per heavy atom. The van der Waals surface area contributed by atoms with Gasteiger partial charge in [-0.25, -0.2) is 4.98 Å². The Bertz CT molecular complexity index is 1130. The van der Waals surface area contributed by atoms with Gasteiger partial charge in [-0.1, -0.05) is 36.0 Å². The molecule has 0 aliphatic heterocycles. The lowest BCUT2D eigenvalue weighted by molar-refractivity contribution is -0.386. The molecule has 0 saturated heterocycles. The van der Waals surface area contributed by atoms with E-state index < -0.39 is 17.0 Å². The lowest BCUT2D eigenvalue weighted by Gasteiger charge is -2.13. The van der Waals surface area contributed by atoms with Gasteiger partial charge in [0.1, 0.15) is 5.75 Å². The summed E-state index contributed by atoms with van der Waals surface area (Å²) in [5.41, 5.74) is 2.89. The van der Waals surface area contributed by atoms with Crippen molar-refractivity contribution in [2.45, 2.75) is 37.9 Å². The van der Waals surface area contributed by atoms with Gasteiger partial charge < -0.3 is 19.6 Å². The van der Waals surface area contributed by atoms with Crippen molar-refractivity contribution in [3.05, 3.63) is 69.9 Å². The summed E-state index contributed by atoms with van der Waals surface area (Å²) in [6.45, 7) is 4.24. The van der Waals surface area contributed by atoms with Crippen molar-refractivity contribution in [3.8, 4) is 17.0 Å². The average molecular weight is 486 g/mol. The summed E-state index contributed by atoms with van der Waals surface area (Å²) in [6, 6.07) is 12.2. The van der Waals surface area contributed by atoms with Crippen LogP contribution in [0.25, 0.3) is 11.3 Å². The van der Waals surface area contributed by atoms with Crippen molar-refractivity contribution in [3.63, 3.8) is 0 Å². The second-order valence-corrected chi connectivity index (χ2v) is 8.54. The number of H-pyrrole nitrogens is 1. The van der Waals surface area contributed by atoms with Crippen LogP contribution in [0.4, 0.5) is 5.69 Å². The number of nitro groups is 1. The highest BCUT2D eigenvalue weighted by atomic mass is 32.2. The van der Waals surface area contributed by atoms with Crippen LogP contribution in [0.3, 0.4) is 0 Å². The van der Waals surface area contributed by atoms with Gasteiger partial charge in [-0.05, 0) is 38.0 Å². The number of rotatable bonds is 12. The molecule has 180 valence electrons. The number of benzene rings is 2. The van der Waals surface area contributed by atoms with Gasteiger partial charge >= 0.3 is 5.97 Å². The van der Waals surface area contributed by atoms with Crippen LogP contribution in [-0.2, 0) is 9.53 Å². The number of hydrogen-bond donors (Lipinski definition) is 2. The Morgan fingerprint density at radius 2 is 2.09 bits per heavy atom. The van der Waals surface area contributed by atoms with E-state index in [2.05, 4.69) is 9.97 Å². The number of aliphatic hydroxyl groups is 1. The summed E-state index contributed by atoms with van der Waals surface area (Å²) in [6.07, 6.45) is 0.867. The molecule has 2 aromatic carbocycles. The second-order valence-electron chi connectivity index (χ2n) is 7.46. The van der Waals surface area contributed by atoms with Crippen LogP contribution in [0.2, 0.25) is 0 Å². The molecule has 3 rings (SSSR count). The molecule has 9 nitrogen and oxygen atoms in total. The molecule has 1 unspecified atom stereocenters. The highest BCUT2D eigenvalue weighted by Crippen LogP contribution is 2.31. The van der Waals surface area contributed by atoms with Crippen molar-refractivity contribution in [1.82, 2.24) is 9.97 Å². The van der Waals surface area contributed by atoms with E-state index in [-0.39, 0.29) is 24.3 Å². The lowest BCUT2D eigenvalue weighted by Crippen LogP contribution is -2.11. The molecule has 0 aliphatic carbocycles. The topological polar surface area (TPSA) is 128 Å². The van der Waals surface area contributed by atoms with Crippen LogP contribution in [0.1, 0.15) is 37.0 Å². The predicted octanol–water partition coefficient (Wildman–Crippen LogP) is 4.84. The molecular formula is C24H27N3O6S. The van der Waals surface area contributed by atoms with Gasteiger partial charge in [0, 0.05) is 23.6 Å². The van der Waals surface area contributed by atoms with E-state index in [0.717, 1.165) is 27.7 Å². The van der Waals surface area contributed by atoms with E-state index >= 15 is 0 Å². The first-order valence-electron chi connectivity index (χ1n) is 10.9. The zero-order valence-corrected chi connectivity index (χ0v) is 19.8.